The van der Waals surface area contributed by atoms with Gasteiger partial charge in [-0.1, -0.05) is 13.8 Å². The smallest absolute Gasteiger partial charge is 0.328 e. The number of carboxylic acids is 1. The molecule has 0 aromatic carbocycles. The van der Waals surface area contributed by atoms with Crippen LogP contribution in [0.1, 0.15) is 20.3 Å². The highest BCUT2D eigenvalue weighted by atomic mass is 16.4. The van der Waals surface area contributed by atoms with Crippen molar-refractivity contribution >= 4 is 11.9 Å². The van der Waals surface area contributed by atoms with Gasteiger partial charge in [-0.25, -0.2) is 4.79 Å². The van der Waals surface area contributed by atoms with E-state index in [1.807, 2.05) is 13.8 Å². The zero-order valence-electron chi connectivity index (χ0n) is 8.73. The SMILES string of the molecule is CC1(C)C(O)CC1NC(=O)/C=C/C(=O)O. The van der Waals surface area contributed by atoms with E-state index in [4.69, 9.17) is 5.11 Å². The van der Waals surface area contributed by atoms with Crippen LogP contribution in [0, 0.1) is 5.41 Å². The van der Waals surface area contributed by atoms with Gasteiger partial charge >= 0.3 is 5.97 Å². The van der Waals surface area contributed by atoms with Crippen LogP contribution >= 0.6 is 0 Å². The minimum Gasteiger partial charge on any atom is -0.478 e. The Bertz CT molecular complexity index is 309. The normalized spacial score (nSPS) is 28.5. The predicted molar refractivity (Wildman–Crippen MR) is 53.1 cm³/mol. The molecule has 0 bridgehead atoms. The van der Waals surface area contributed by atoms with Crippen molar-refractivity contribution in [2.75, 3.05) is 0 Å². The third kappa shape index (κ3) is 2.56. The molecule has 5 nitrogen and oxygen atoms in total. The Hall–Kier alpha value is -1.36. The third-order valence-electron chi connectivity index (χ3n) is 2.91. The lowest BCUT2D eigenvalue weighted by atomic mass is 9.64. The van der Waals surface area contributed by atoms with Crippen molar-refractivity contribution in [3.05, 3.63) is 12.2 Å². The van der Waals surface area contributed by atoms with E-state index in [-0.39, 0.29) is 11.5 Å². The van der Waals surface area contributed by atoms with Crippen molar-refractivity contribution in [1.29, 1.82) is 0 Å². The van der Waals surface area contributed by atoms with Crippen molar-refractivity contribution in [2.45, 2.75) is 32.4 Å². The van der Waals surface area contributed by atoms with Crippen molar-refractivity contribution in [3.63, 3.8) is 0 Å². The Morgan fingerprint density at radius 1 is 1.40 bits per heavy atom. The summed E-state index contributed by atoms with van der Waals surface area (Å²) in [6, 6.07) is -0.0987. The van der Waals surface area contributed by atoms with E-state index < -0.39 is 18.0 Å². The number of carbonyl (C=O) groups excluding carboxylic acids is 1. The second-order valence-corrected chi connectivity index (χ2v) is 4.31. The van der Waals surface area contributed by atoms with Gasteiger partial charge in [0.05, 0.1) is 6.10 Å². The summed E-state index contributed by atoms with van der Waals surface area (Å²) in [5.74, 6) is -1.60. The van der Waals surface area contributed by atoms with Crippen LogP contribution in [0.5, 0.6) is 0 Å². The highest BCUT2D eigenvalue weighted by molar-refractivity contribution is 5.94. The summed E-state index contributed by atoms with van der Waals surface area (Å²) in [4.78, 5) is 21.3. The average molecular weight is 213 g/mol. The summed E-state index contributed by atoms with van der Waals surface area (Å²) in [5, 5.41) is 20.4. The quantitative estimate of drug-likeness (QED) is 0.571. The molecule has 1 aliphatic carbocycles. The maximum Gasteiger partial charge on any atom is 0.328 e. The molecule has 5 heteroatoms. The van der Waals surface area contributed by atoms with Gasteiger partial charge in [-0.3, -0.25) is 4.79 Å². The number of hydrogen-bond donors (Lipinski definition) is 3. The van der Waals surface area contributed by atoms with Gasteiger partial charge in [-0.2, -0.15) is 0 Å². The van der Waals surface area contributed by atoms with Crippen molar-refractivity contribution < 1.29 is 19.8 Å². The van der Waals surface area contributed by atoms with Gasteiger partial charge in [0.2, 0.25) is 5.91 Å². The molecular formula is C10H15NO4. The molecule has 0 aromatic rings. The number of amides is 1. The van der Waals surface area contributed by atoms with E-state index >= 15 is 0 Å². The van der Waals surface area contributed by atoms with Crippen molar-refractivity contribution in [1.82, 2.24) is 5.32 Å². The first-order valence-corrected chi connectivity index (χ1v) is 4.73. The van der Waals surface area contributed by atoms with E-state index in [1.54, 1.807) is 0 Å². The summed E-state index contributed by atoms with van der Waals surface area (Å²) in [5.41, 5.74) is -0.341. The molecular weight excluding hydrogens is 198 g/mol. The van der Waals surface area contributed by atoms with Gasteiger partial charge in [-0.15, -0.1) is 0 Å². The highest BCUT2D eigenvalue weighted by Gasteiger charge is 2.47. The maximum absolute atomic E-state index is 11.2. The monoisotopic (exact) mass is 213 g/mol. The van der Waals surface area contributed by atoms with E-state index in [2.05, 4.69) is 5.32 Å². The summed E-state index contributed by atoms with van der Waals surface area (Å²) in [7, 11) is 0. The molecule has 3 N–H and O–H groups in total. The lowest BCUT2D eigenvalue weighted by Crippen LogP contribution is -2.60. The highest BCUT2D eigenvalue weighted by Crippen LogP contribution is 2.40. The number of rotatable bonds is 3. The van der Waals surface area contributed by atoms with Gasteiger partial charge < -0.3 is 15.5 Å². The number of aliphatic carboxylic acids is 1. The Balaban J connectivity index is 2.44. The fourth-order valence-corrected chi connectivity index (χ4v) is 1.51. The summed E-state index contributed by atoms with van der Waals surface area (Å²) < 4.78 is 0. The van der Waals surface area contributed by atoms with Crippen LogP contribution in [0.3, 0.4) is 0 Å². The fourth-order valence-electron chi connectivity index (χ4n) is 1.51. The molecule has 1 aliphatic rings. The Kier molecular flexibility index (Phi) is 3.14. The Morgan fingerprint density at radius 2 is 2.00 bits per heavy atom. The zero-order valence-corrected chi connectivity index (χ0v) is 8.73. The van der Waals surface area contributed by atoms with Crippen LogP contribution < -0.4 is 5.32 Å². The number of nitrogens with one attached hydrogen (secondary N) is 1. The van der Waals surface area contributed by atoms with Crippen LogP contribution in [0.4, 0.5) is 0 Å². The van der Waals surface area contributed by atoms with Crippen LogP contribution in [0.25, 0.3) is 0 Å². The van der Waals surface area contributed by atoms with Crippen LogP contribution in [-0.2, 0) is 9.59 Å². The maximum atomic E-state index is 11.2. The Morgan fingerprint density at radius 3 is 2.40 bits per heavy atom. The number of carbonyl (C=O) groups is 2. The Labute approximate surface area is 87.8 Å². The molecule has 1 amide bonds. The number of carboxylic acid groups (broad SMARTS) is 1. The molecule has 1 fully saturated rings. The van der Waals surface area contributed by atoms with Gasteiger partial charge in [0.15, 0.2) is 0 Å². The van der Waals surface area contributed by atoms with Crippen molar-refractivity contribution in [3.8, 4) is 0 Å². The molecule has 2 unspecified atom stereocenters. The molecule has 0 saturated heterocycles. The molecule has 1 rings (SSSR count). The average Bonchev–Trinajstić information content (AvgIpc) is 2.14. The standard InChI is InChI=1S/C10H15NO4/c1-10(2)6(5-7(10)12)11-8(13)3-4-9(14)15/h3-4,6-7,12H,5H2,1-2H3,(H,11,13)(H,14,15)/b4-3+. The molecule has 2 atom stereocenters. The first-order valence-electron chi connectivity index (χ1n) is 4.73. The van der Waals surface area contributed by atoms with Crippen LogP contribution in [-0.4, -0.2) is 34.2 Å². The van der Waals surface area contributed by atoms with Crippen LogP contribution in [0.15, 0.2) is 12.2 Å². The lowest BCUT2D eigenvalue weighted by molar-refractivity contribution is -0.132. The minimum atomic E-state index is -1.15. The van der Waals surface area contributed by atoms with E-state index in [9.17, 15) is 14.7 Å². The second kappa shape index (κ2) is 4.02. The molecule has 84 valence electrons. The molecule has 0 heterocycles. The number of aliphatic hydroxyl groups is 1. The summed E-state index contributed by atoms with van der Waals surface area (Å²) in [6.45, 7) is 3.71. The molecule has 0 aliphatic heterocycles. The molecule has 15 heavy (non-hydrogen) atoms. The zero-order chi connectivity index (χ0) is 11.6. The molecule has 0 aromatic heterocycles. The van der Waals surface area contributed by atoms with E-state index in [1.165, 1.54) is 0 Å². The number of aliphatic hydroxyl groups excluding tert-OH is 1. The second-order valence-electron chi connectivity index (χ2n) is 4.31. The first-order chi connectivity index (χ1) is 6.84. The summed E-state index contributed by atoms with van der Waals surface area (Å²) in [6.07, 6.45) is 1.87. The molecule has 0 spiro atoms. The molecule has 0 radical (unpaired) electrons. The van der Waals surface area contributed by atoms with E-state index in [0.29, 0.717) is 6.42 Å². The van der Waals surface area contributed by atoms with Gasteiger partial charge in [0.1, 0.15) is 0 Å². The fraction of sp³-hybridized carbons (Fsp3) is 0.600. The topological polar surface area (TPSA) is 86.6 Å². The van der Waals surface area contributed by atoms with E-state index in [0.717, 1.165) is 12.2 Å². The van der Waals surface area contributed by atoms with Gasteiger partial charge in [0, 0.05) is 23.6 Å². The first kappa shape index (κ1) is 11.7. The minimum absolute atomic E-state index is 0.0987. The molecule has 1 saturated carbocycles. The van der Waals surface area contributed by atoms with Gasteiger partial charge in [0.25, 0.3) is 0 Å². The predicted octanol–water partition coefficient (Wildman–Crippen LogP) is -0.0972. The summed E-state index contributed by atoms with van der Waals surface area (Å²) >= 11 is 0. The number of hydrogen-bond acceptors (Lipinski definition) is 3. The van der Waals surface area contributed by atoms with Gasteiger partial charge in [-0.05, 0) is 6.42 Å². The van der Waals surface area contributed by atoms with Crippen LogP contribution in [0.2, 0.25) is 0 Å². The third-order valence-corrected chi connectivity index (χ3v) is 2.91. The van der Waals surface area contributed by atoms with Crippen molar-refractivity contribution in [2.24, 2.45) is 5.41 Å². The largest absolute Gasteiger partial charge is 0.478 e. The lowest BCUT2D eigenvalue weighted by Gasteiger charge is -2.49.